The molecular formula is C22H24ClN3O3S. The molecular weight excluding hydrogens is 422 g/mol. The molecule has 3 heterocycles. The molecule has 0 spiro atoms. The molecule has 0 unspecified atom stereocenters. The van der Waals surface area contributed by atoms with E-state index in [1.165, 1.54) is 0 Å². The molecule has 1 aliphatic heterocycles. The van der Waals surface area contributed by atoms with Crippen molar-refractivity contribution >= 4 is 21.6 Å². The van der Waals surface area contributed by atoms with Crippen molar-refractivity contribution in [2.24, 2.45) is 0 Å². The summed E-state index contributed by atoms with van der Waals surface area (Å²) in [6.45, 7) is 5.69. The van der Waals surface area contributed by atoms with Gasteiger partial charge in [0, 0.05) is 17.3 Å². The van der Waals surface area contributed by atoms with Gasteiger partial charge >= 0.3 is 0 Å². The first-order chi connectivity index (χ1) is 14.3. The summed E-state index contributed by atoms with van der Waals surface area (Å²) in [5.74, 6) is 0.318. The zero-order chi connectivity index (χ0) is 21.5. The second-order valence-corrected chi connectivity index (χ2v) is 10.0. The van der Waals surface area contributed by atoms with Crippen molar-refractivity contribution < 1.29 is 12.9 Å². The molecule has 1 fully saturated rings. The number of nitrogens with zero attached hydrogens (tertiary/aromatic N) is 3. The molecule has 4 rings (SSSR count). The molecule has 1 aromatic carbocycles. The van der Waals surface area contributed by atoms with Crippen LogP contribution in [0, 0.1) is 20.8 Å². The van der Waals surface area contributed by atoms with Crippen LogP contribution < -0.4 is 0 Å². The van der Waals surface area contributed by atoms with E-state index in [9.17, 15) is 8.42 Å². The van der Waals surface area contributed by atoms with E-state index in [-0.39, 0.29) is 10.9 Å². The molecule has 1 atom stereocenters. The van der Waals surface area contributed by atoms with Crippen LogP contribution in [0.15, 0.2) is 45.8 Å². The SMILES string of the molecule is Cc1cc(Cc2ccc(Cl)cc2)cc([C@H]2CCCN2S(=O)(=O)c2c(C)noc2C)n1. The Morgan fingerprint density at radius 2 is 1.87 bits per heavy atom. The smallest absolute Gasteiger partial charge is 0.249 e. The van der Waals surface area contributed by atoms with Crippen molar-refractivity contribution in [3.8, 4) is 0 Å². The number of aryl methyl sites for hydroxylation is 3. The Labute approximate surface area is 181 Å². The highest BCUT2D eigenvalue weighted by molar-refractivity contribution is 7.89. The van der Waals surface area contributed by atoms with Gasteiger partial charge in [-0.2, -0.15) is 4.31 Å². The third-order valence-electron chi connectivity index (χ3n) is 5.43. The van der Waals surface area contributed by atoms with Crippen molar-refractivity contribution in [3.05, 3.63) is 75.4 Å². The Bertz CT molecular complexity index is 1150. The van der Waals surface area contributed by atoms with Gasteiger partial charge in [0.25, 0.3) is 0 Å². The van der Waals surface area contributed by atoms with Gasteiger partial charge < -0.3 is 4.52 Å². The summed E-state index contributed by atoms with van der Waals surface area (Å²) in [6, 6.07) is 11.5. The Kier molecular flexibility index (Phi) is 5.70. The molecule has 0 N–H and O–H groups in total. The molecule has 0 aliphatic carbocycles. The van der Waals surface area contributed by atoms with E-state index in [0.717, 1.165) is 41.8 Å². The van der Waals surface area contributed by atoms with Gasteiger partial charge in [0.05, 0.1) is 11.7 Å². The van der Waals surface area contributed by atoms with Gasteiger partial charge in [-0.15, -0.1) is 0 Å². The summed E-state index contributed by atoms with van der Waals surface area (Å²) >= 11 is 5.99. The van der Waals surface area contributed by atoms with Crippen LogP contribution in [-0.4, -0.2) is 29.4 Å². The van der Waals surface area contributed by atoms with E-state index in [4.69, 9.17) is 21.1 Å². The van der Waals surface area contributed by atoms with Gasteiger partial charge in [-0.3, -0.25) is 4.98 Å². The summed E-state index contributed by atoms with van der Waals surface area (Å²) < 4.78 is 33.5. The van der Waals surface area contributed by atoms with Crippen LogP contribution in [0.1, 0.15) is 52.9 Å². The standard InChI is InChI=1S/C22H24ClN3O3S/c1-14-11-18(12-17-6-8-19(23)9-7-17)13-20(24-14)21-5-4-10-26(21)30(27,28)22-15(2)25-29-16(22)3/h6-9,11,13,21H,4-5,10,12H2,1-3H3/t21-/m1/s1. The molecule has 0 bridgehead atoms. The number of hydrogen-bond donors (Lipinski definition) is 0. The van der Waals surface area contributed by atoms with E-state index < -0.39 is 10.0 Å². The second-order valence-electron chi connectivity index (χ2n) is 7.77. The first-order valence-electron chi connectivity index (χ1n) is 9.92. The Morgan fingerprint density at radius 3 is 2.53 bits per heavy atom. The molecule has 6 nitrogen and oxygen atoms in total. The van der Waals surface area contributed by atoms with Gasteiger partial charge in [-0.25, -0.2) is 8.42 Å². The van der Waals surface area contributed by atoms with Gasteiger partial charge in [-0.1, -0.05) is 28.9 Å². The predicted octanol–water partition coefficient (Wildman–Crippen LogP) is 4.76. The fourth-order valence-electron chi connectivity index (χ4n) is 4.16. The average Bonchev–Trinajstić information content (AvgIpc) is 3.31. The molecule has 158 valence electrons. The monoisotopic (exact) mass is 445 g/mol. The highest BCUT2D eigenvalue weighted by Crippen LogP contribution is 2.37. The fraction of sp³-hybridized carbons (Fsp3) is 0.364. The maximum absolute atomic E-state index is 13.4. The average molecular weight is 446 g/mol. The zero-order valence-corrected chi connectivity index (χ0v) is 18.8. The van der Waals surface area contributed by atoms with Crippen LogP contribution in [0.25, 0.3) is 0 Å². The highest BCUT2D eigenvalue weighted by atomic mass is 35.5. The molecule has 0 saturated carbocycles. The number of rotatable bonds is 5. The number of aromatic nitrogens is 2. The maximum atomic E-state index is 13.4. The number of benzene rings is 1. The van der Waals surface area contributed by atoms with E-state index in [1.54, 1.807) is 18.2 Å². The lowest BCUT2D eigenvalue weighted by Gasteiger charge is -2.24. The molecule has 3 aromatic rings. The van der Waals surface area contributed by atoms with Gasteiger partial charge in [-0.05, 0) is 75.4 Å². The van der Waals surface area contributed by atoms with Gasteiger partial charge in [0.1, 0.15) is 10.6 Å². The Balaban J connectivity index is 1.67. The lowest BCUT2D eigenvalue weighted by molar-refractivity contribution is 0.381. The molecule has 1 saturated heterocycles. The lowest BCUT2D eigenvalue weighted by Crippen LogP contribution is -2.32. The van der Waals surface area contributed by atoms with Crippen LogP contribution in [0.3, 0.4) is 0 Å². The minimum absolute atomic E-state index is 0.170. The normalized spacial score (nSPS) is 17.5. The fourth-order valence-corrected chi connectivity index (χ4v) is 6.25. The van der Waals surface area contributed by atoms with Crippen LogP contribution in [-0.2, 0) is 16.4 Å². The quantitative estimate of drug-likeness (QED) is 0.565. The lowest BCUT2D eigenvalue weighted by atomic mass is 10.0. The van der Waals surface area contributed by atoms with Crippen molar-refractivity contribution in [3.63, 3.8) is 0 Å². The minimum atomic E-state index is -3.72. The molecule has 8 heteroatoms. The summed E-state index contributed by atoms with van der Waals surface area (Å²) in [6.07, 6.45) is 2.26. The van der Waals surface area contributed by atoms with E-state index >= 15 is 0 Å². The highest BCUT2D eigenvalue weighted by Gasteiger charge is 2.40. The molecule has 0 radical (unpaired) electrons. The van der Waals surface area contributed by atoms with Gasteiger partial charge in [0.15, 0.2) is 5.76 Å². The van der Waals surface area contributed by atoms with Crippen molar-refractivity contribution in [2.75, 3.05) is 6.54 Å². The number of pyridine rings is 1. The van der Waals surface area contributed by atoms with Crippen LogP contribution in [0.4, 0.5) is 0 Å². The topological polar surface area (TPSA) is 76.3 Å². The number of hydrogen-bond acceptors (Lipinski definition) is 5. The molecule has 1 aliphatic rings. The summed E-state index contributed by atoms with van der Waals surface area (Å²) in [4.78, 5) is 4.87. The largest absolute Gasteiger partial charge is 0.360 e. The van der Waals surface area contributed by atoms with Crippen molar-refractivity contribution in [2.45, 2.75) is 51.0 Å². The molecule has 0 amide bonds. The zero-order valence-electron chi connectivity index (χ0n) is 17.2. The summed E-state index contributed by atoms with van der Waals surface area (Å²) in [5, 5.41) is 4.53. The van der Waals surface area contributed by atoms with Crippen LogP contribution in [0.5, 0.6) is 0 Å². The number of sulfonamides is 1. The Morgan fingerprint density at radius 1 is 1.13 bits per heavy atom. The maximum Gasteiger partial charge on any atom is 0.249 e. The Hall–Kier alpha value is -2.22. The van der Waals surface area contributed by atoms with E-state index in [1.807, 2.05) is 43.3 Å². The minimum Gasteiger partial charge on any atom is -0.360 e. The first-order valence-corrected chi connectivity index (χ1v) is 11.7. The van der Waals surface area contributed by atoms with Gasteiger partial charge in [0.2, 0.25) is 10.0 Å². The third-order valence-corrected chi connectivity index (χ3v) is 7.84. The van der Waals surface area contributed by atoms with E-state index in [2.05, 4.69) is 5.16 Å². The second kappa shape index (κ2) is 8.13. The van der Waals surface area contributed by atoms with Crippen LogP contribution in [0.2, 0.25) is 5.02 Å². The van der Waals surface area contributed by atoms with E-state index in [0.29, 0.717) is 23.0 Å². The predicted molar refractivity (Wildman–Crippen MR) is 115 cm³/mol. The van der Waals surface area contributed by atoms with Crippen molar-refractivity contribution in [1.29, 1.82) is 0 Å². The summed E-state index contributed by atoms with van der Waals surface area (Å²) in [7, 11) is -3.72. The third kappa shape index (κ3) is 4.02. The van der Waals surface area contributed by atoms with Crippen LogP contribution >= 0.6 is 11.6 Å². The summed E-state index contributed by atoms with van der Waals surface area (Å²) in [5.41, 5.74) is 4.28. The number of halogens is 1. The molecule has 2 aromatic heterocycles. The van der Waals surface area contributed by atoms with Crippen molar-refractivity contribution in [1.82, 2.24) is 14.4 Å². The first kappa shape index (κ1) is 21.0. The molecule has 30 heavy (non-hydrogen) atoms.